The Morgan fingerprint density at radius 1 is 1.42 bits per heavy atom. The quantitative estimate of drug-likeness (QED) is 0.288. The summed E-state index contributed by atoms with van der Waals surface area (Å²) in [6.45, 7) is 12.4. The van der Waals surface area contributed by atoms with E-state index in [0.717, 1.165) is 25.8 Å². The predicted molar refractivity (Wildman–Crippen MR) is 88.8 cm³/mol. The summed E-state index contributed by atoms with van der Waals surface area (Å²) in [5.74, 6) is 0.697. The number of nitrogens with zero attached hydrogens (tertiary/aromatic N) is 2. The van der Waals surface area contributed by atoms with E-state index in [-0.39, 0.29) is 0 Å². The molecule has 2 atom stereocenters. The van der Waals surface area contributed by atoms with Gasteiger partial charge >= 0.3 is 0 Å². The van der Waals surface area contributed by atoms with Crippen LogP contribution in [0.4, 0.5) is 0 Å². The van der Waals surface area contributed by atoms with Crippen LogP contribution in [0.1, 0.15) is 46.0 Å². The van der Waals surface area contributed by atoms with E-state index in [4.69, 9.17) is 11.6 Å². The molecule has 0 saturated carbocycles. The van der Waals surface area contributed by atoms with Crippen LogP contribution in [0.3, 0.4) is 0 Å². The van der Waals surface area contributed by atoms with Crippen molar-refractivity contribution in [2.45, 2.75) is 52.0 Å². The molecule has 0 fully saturated rings. The van der Waals surface area contributed by atoms with Crippen LogP contribution in [0.15, 0.2) is 33.7 Å². The van der Waals surface area contributed by atoms with Crippen LogP contribution in [-0.4, -0.2) is 25.5 Å². The van der Waals surface area contributed by atoms with Crippen LogP contribution < -0.4 is 0 Å². The summed E-state index contributed by atoms with van der Waals surface area (Å²) in [6.07, 6.45) is 11.0. The monoisotopic (exact) mass is 282 g/mol. The summed E-state index contributed by atoms with van der Waals surface area (Å²) in [4.78, 5) is 8.48. The van der Waals surface area contributed by atoms with Crippen molar-refractivity contribution in [3.05, 3.63) is 23.8 Å². The highest BCUT2D eigenvalue weighted by atomic mass is 35.5. The maximum absolute atomic E-state index is 5.84. The van der Waals surface area contributed by atoms with Crippen LogP contribution >= 0.6 is 11.6 Å². The first-order valence-electron chi connectivity index (χ1n) is 7.06. The summed E-state index contributed by atoms with van der Waals surface area (Å²) < 4.78 is 0. The van der Waals surface area contributed by atoms with E-state index in [2.05, 4.69) is 30.2 Å². The molecule has 2 unspecified atom stereocenters. The molecule has 0 radical (unpaired) electrons. The van der Waals surface area contributed by atoms with Gasteiger partial charge in [0.05, 0.1) is 11.1 Å². The highest BCUT2D eigenvalue weighted by Crippen LogP contribution is 2.20. The molecule has 0 aliphatic rings. The van der Waals surface area contributed by atoms with Gasteiger partial charge in [-0.3, -0.25) is 9.98 Å². The molecule has 0 heterocycles. The van der Waals surface area contributed by atoms with Crippen molar-refractivity contribution in [3.8, 4) is 0 Å². The molecule has 0 N–H and O–H groups in total. The first-order chi connectivity index (χ1) is 9.17. The smallest absolute Gasteiger partial charge is 0.0541 e. The Labute approximate surface area is 123 Å². The highest BCUT2D eigenvalue weighted by molar-refractivity contribution is 6.39. The summed E-state index contributed by atoms with van der Waals surface area (Å²) in [5, 5.41) is 0.703. The van der Waals surface area contributed by atoms with E-state index >= 15 is 0 Å². The minimum Gasteiger partial charge on any atom is -0.297 e. The summed E-state index contributed by atoms with van der Waals surface area (Å²) in [7, 11) is 0. The summed E-state index contributed by atoms with van der Waals surface area (Å²) in [5.41, 5.74) is 0. The van der Waals surface area contributed by atoms with Crippen molar-refractivity contribution in [3.63, 3.8) is 0 Å². The second-order valence-corrected chi connectivity index (χ2v) is 5.16. The van der Waals surface area contributed by atoms with Gasteiger partial charge in [0.1, 0.15) is 0 Å². The standard InChI is InChI=1S/C16H27ClN2/c1-5-9-16(18-4)12-14(6-2)10-8-11-19-13-15(17)7-3/h5,7,13-14,16H,1,4,6,8-12H2,2-3H3/b15-7+,19-13-. The zero-order valence-corrected chi connectivity index (χ0v) is 13.1. The van der Waals surface area contributed by atoms with E-state index < -0.39 is 0 Å². The fourth-order valence-electron chi connectivity index (χ4n) is 2.01. The van der Waals surface area contributed by atoms with E-state index in [1.807, 2.05) is 19.1 Å². The minimum atomic E-state index is 0.323. The Morgan fingerprint density at radius 2 is 2.16 bits per heavy atom. The molecule has 0 aromatic heterocycles. The number of allylic oxidation sites excluding steroid dienone is 2. The molecule has 0 spiro atoms. The Kier molecular flexibility index (Phi) is 11.6. The second-order valence-electron chi connectivity index (χ2n) is 4.72. The highest BCUT2D eigenvalue weighted by Gasteiger charge is 2.12. The zero-order chi connectivity index (χ0) is 14.5. The van der Waals surface area contributed by atoms with E-state index in [1.54, 1.807) is 6.21 Å². The third-order valence-corrected chi connectivity index (χ3v) is 3.59. The number of hydrogen-bond donors (Lipinski definition) is 0. The fraction of sp³-hybridized carbons (Fsp3) is 0.625. The Balaban J connectivity index is 3.96. The molecule has 0 aliphatic heterocycles. The zero-order valence-electron chi connectivity index (χ0n) is 12.3. The van der Waals surface area contributed by atoms with Gasteiger partial charge in [-0.2, -0.15) is 0 Å². The molecule has 0 bridgehead atoms. The van der Waals surface area contributed by atoms with E-state index in [9.17, 15) is 0 Å². The maximum atomic E-state index is 5.84. The number of halogens is 1. The van der Waals surface area contributed by atoms with Gasteiger partial charge in [-0.1, -0.05) is 37.1 Å². The topological polar surface area (TPSA) is 24.7 Å². The first kappa shape index (κ1) is 18.1. The molecule has 0 aliphatic carbocycles. The molecule has 0 saturated heterocycles. The van der Waals surface area contributed by atoms with Crippen molar-refractivity contribution in [1.29, 1.82) is 0 Å². The average Bonchev–Trinajstić information content (AvgIpc) is 2.44. The molecule has 3 heteroatoms. The van der Waals surface area contributed by atoms with E-state index in [1.165, 1.54) is 12.8 Å². The SMILES string of the molecule is C=CCC(CC(CC)CCC/N=C\C(Cl)=C/C)N=C. The largest absolute Gasteiger partial charge is 0.297 e. The lowest BCUT2D eigenvalue weighted by molar-refractivity contribution is 0.390. The van der Waals surface area contributed by atoms with Crippen LogP contribution in [0.25, 0.3) is 0 Å². The fourth-order valence-corrected chi connectivity index (χ4v) is 2.08. The minimum absolute atomic E-state index is 0.323. The van der Waals surface area contributed by atoms with Crippen molar-refractivity contribution >= 4 is 24.5 Å². The molecule has 0 aromatic carbocycles. The molecule has 0 aromatic rings. The molecule has 108 valence electrons. The lowest BCUT2D eigenvalue weighted by atomic mass is 9.91. The van der Waals surface area contributed by atoms with Crippen molar-refractivity contribution in [1.82, 2.24) is 0 Å². The first-order valence-corrected chi connectivity index (χ1v) is 7.44. The molecule has 2 nitrogen and oxygen atoms in total. The average molecular weight is 283 g/mol. The van der Waals surface area contributed by atoms with Gasteiger partial charge in [-0.15, -0.1) is 6.58 Å². The Hall–Kier alpha value is -0.890. The third kappa shape index (κ3) is 9.66. The third-order valence-electron chi connectivity index (χ3n) is 3.27. The number of aliphatic imine (C=N–C) groups is 2. The molecule has 0 amide bonds. The van der Waals surface area contributed by atoms with Gasteiger partial charge in [-0.25, -0.2) is 0 Å². The summed E-state index contributed by atoms with van der Waals surface area (Å²) in [6, 6.07) is 0.323. The number of rotatable bonds is 11. The Bertz CT molecular complexity index is 308. The van der Waals surface area contributed by atoms with Crippen LogP contribution in [0, 0.1) is 5.92 Å². The van der Waals surface area contributed by atoms with E-state index in [0.29, 0.717) is 17.0 Å². The lowest BCUT2D eigenvalue weighted by Crippen LogP contribution is -2.11. The van der Waals surface area contributed by atoms with Gasteiger partial charge in [0.2, 0.25) is 0 Å². The van der Waals surface area contributed by atoms with Gasteiger partial charge in [0, 0.05) is 12.8 Å². The second kappa shape index (κ2) is 12.2. The summed E-state index contributed by atoms with van der Waals surface area (Å²) >= 11 is 5.84. The van der Waals surface area contributed by atoms with Gasteiger partial charge in [0.25, 0.3) is 0 Å². The molecular formula is C16H27ClN2. The van der Waals surface area contributed by atoms with Crippen molar-refractivity contribution < 1.29 is 0 Å². The lowest BCUT2D eigenvalue weighted by Gasteiger charge is -2.18. The van der Waals surface area contributed by atoms with Gasteiger partial charge < -0.3 is 0 Å². The van der Waals surface area contributed by atoms with Gasteiger partial charge in [-0.05, 0) is 45.2 Å². The molecular weight excluding hydrogens is 256 g/mol. The van der Waals surface area contributed by atoms with Crippen LogP contribution in [0.2, 0.25) is 0 Å². The maximum Gasteiger partial charge on any atom is 0.0541 e. The normalized spacial score (nSPS) is 15.4. The van der Waals surface area contributed by atoms with Gasteiger partial charge in [0.15, 0.2) is 0 Å². The number of hydrogen-bond acceptors (Lipinski definition) is 2. The van der Waals surface area contributed by atoms with Crippen LogP contribution in [0.5, 0.6) is 0 Å². The van der Waals surface area contributed by atoms with Crippen LogP contribution in [-0.2, 0) is 0 Å². The van der Waals surface area contributed by atoms with Crippen molar-refractivity contribution in [2.24, 2.45) is 15.9 Å². The Morgan fingerprint density at radius 3 is 2.68 bits per heavy atom. The molecule has 19 heavy (non-hydrogen) atoms. The molecule has 0 rings (SSSR count). The predicted octanol–water partition coefficient (Wildman–Crippen LogP) is 5.04. The van der Waals surface area contributed by atoms with Crippen molar-refractivity contribution in [2.75, 3.05) is 6.54 Å².